The highest BCUT2D eigenvalue weighted by Crippen LogP contribution is 2.36. The van der Waals surface area contributed by atoms with Crippen molar-refractivity contribution in [3.05, 3.63) is 17.5 Å². The zero-order chi connectivity index (χ0) is 14.3. The fourth-order valence-electron chi connectivity index (χ4n) is 3.78. The first-order valence-corrected chi connectivity index (χ1v) is 7.65. The molecule has 2 fully saturated rings. The van der Waals surface area contributed by atoms with Crippen molar-refractivity contribution in [3.63, 3.8) is 0 Å². The second-order valence-corrected chi connectivity index (χ2v) is 6.32. The normalized spacial score (nSPS) is 29.6. The largest absolute Gasteiger partial charge is 0.338 e. The summed E-state index contributed by atoms with van der Waals surface area (Å²) in [6.07, 6.45) is 6.00. The zero-order valence-corrected chi connectivity index (χ0v) is 12.4. The van der Waals surface area contributed by atoms with E-state index in [1.165, 1.54) is 6.42 Å². The van der Waals surface area contributed by atoms with E-state index >= 15 is 0 Å². The van der Waals surface area contributed by atoms with Crippen LogP contribution in [-0.4, -0.2) is 39.7 Å². The SMILES string of the molecule is CCc1nn(C)cc1C(=O)N1C[C@H]2CCC(N)C[C@H]2C1. The number of nitrogens with two attached hydrogens (primary N) is 1. The molecule has 20 heavy (non-hydrogen) atoms. The molecule has 1 aromatic rings. The van der Waals surface area contributed by atoms with Crippen LogP contribution in [-0.2, 0) is 13.5 Å². The maximum Gasteiger partial charge on any atom is 0.257 e. The van der Waals surface area contributed by atoms with E-state index in [0.29, 0.717) is 17.9 Å². The van der Waals surface area contributed by atoms with Crippen LogP contribution in [0.4, 0.5) is 0 Å². The minimum Gasteiger partial charge on any atom is -0.338 e. The van der Waals surface area contributed by atoms with Gasteiger partial charge >= 0.3 is 0 Å². The fraction of sp³-hybridized carbons (Fsp3) is 0.733. The molecule has 5 nitrogen and oxygen atoms in total. The summed E-state index contributed by atoms with van der Waals surface area (Å²) in [6, 6.07) is 0.330. The van der Waals surface area contributed by atoms with Crippen molar-refractivity contribution in [2.24, 2.45) is 24.6 Å². The number of aryl methyl sites for hydroxylation is 2. The average Bonchev–Trinajstić information content (AvgIpc) is 3.00. The van der Waals surface area contributed by atoms with Gasteiger partial charge in [-0.3, -0.25) is 9.48 Å². The number of hydrogen-bond acceptors (Lipinski definition) is 3. The van der Waals surface area contributed by atoms with Gasteiger partial charge in [0.1, 0.15) is 0 Å². The van der Waals surface area contributed by atoms with Gasteiger partial charge in [0.15, 0.2) is 0 Å². The lowest BCUT2D eigenvalue weighted by Gasteiger charge is -2.27. The molecule has 1 aliphatic carbocycles. The molecule has 1 saturated carbocycles. The maximum absolute atomic E-state index is 12.7. The van der Waals surface area contributed by atoms with Crippen LogP contribution in [0.1, 0.15) is 42.2 Å². The van der Waals surface area contributed by atoms with E-state index in [4.69, 9.17) is 5.73 Å². The zero-order valence-electron chi connectivity index (χ0n) is 12.4. The van der Waals surface area contributed by atoms with Crippen molar-refractivity contribution >= 4 is 5.91 Å². The predicted octanol–water partition coefficient (Wildman–Crippen LogP) is 1.18. The highest BCUT2D eigenvalue weighted by molar-refractivity contribution is 5.95. The van der Waals surface area contributed by atoms with E-state index in [2.05, 4.69) is 5.10 Å². The summed E-state index contributed by atoms with van der Waals surface area (Å²) in [5.74, 6) is 1.41. The van der Waals surface area contributed by atoms with E-state index < -0.39 is 0 Å². The van der Waals surface area contributed by atoms with Crippen LogP contribution in [0.25, 0.3) is 0 Å². The molecule has 2 heterocycles. The third kappa shape index (κ3) is 2.35. The number of amides is 1. The molecule has 5 heteroatoms. The number of hydrogen-bond donors (Lipinski definition) is 1. The standard InChI is InChI=1S/C15H24N4O/c1-3-14-13(9-18(2)17-14)15(20)19-7-10-4-5-12(16)6-11(10)8-19/h9-12H,3-8,16H2,1-2H3/t10-,11+,12?/m1/s1. The molecule has 0 spiro atoms. The molecular weight excluding hydrogens is 252 g/mol. The first-order chi connectivity index (χ1) is 9.58. The molecule has 110 valence electrons. The smallest absolute Gasteiger partial charge is 0.257 e. The first kappa shape index (κ1) is 13.6. The Labute approximate surface area is 120 Å². The average molecular weight is 276 g/mol. The Hall–Kier alpha value is -1.36. The Morgan fingerprint density at radius 1 is 1.40 bits per heavy atom. The van der Waals surface area contributed by atoms with Gasteiger partial charge in [0, 0.05) is 32.4 Å². The number of carbonyl (C=O) groups excluding carboxylic acids is 1. The molecule has 1 amide bonds. The quantitative estimate of drug-likeness (QED) is 0.882. The predicted molar refractivity (Wildman–Crippen MR) is 77.3 cm³/mol. The van der Waals surface area contributed by atoms with Crippen LogP contribution >= 0.6 is 0 Å². The van der Waals surface area contributed by atoms with E-state index in [9.17, 15) is 4.79 Å². The highest BCUT2D eigenvalue weighted by Gasteiger charge is 2.39. The second-order valence-electron chi connectivity index (χ2n) is 6.32. The van der Waals surface area contributed by atoms with Gasteiger partial charge in [0.2, 0.25) is 0 Å². The van der Waals surface area contributed by atoms with Gasteiger partial charge in [0.25, 0.3) is 5.91 Å². The number of nitrogens with zero attached hydrogens (tertiary/aromatic N) is 3. The number of carbonyl (C=O) groups is 1. The monoisotopic (exact) mass is 276 g/mol. The molecule has 3 rings (SSSR count). The van der Waals surface area contributed by atoms with Crippen LogP contribution in [0.15, 0.2) is 6.20 Å². The lowest BCUT2D eigenvalue weighted by molar-refractivity contribution is 0.0783. The van der Waals surface area contributed by atoms with E-state index in [-0.39, 0.29) is 5.91 Å². The third-order valence-corrected chi connectivity index (χ3v) is 4.85. The third-order valence-electron chi connectivity index (χ3n) is 4.85. The van der Waals surface area contributed by atoms with Crippen LogP contribution < -0.4 is 5.73 Å². The summed E-state index contributed by atoms with van der Waals surface area (Å²) < 4.78 is 1.74. The van der Waals surface area contributed by atoms with Gasteiger partial charge in [0.05, 0.1) is 11.3 Å². The van der Waals surface area contributed by atoms with Gasteiger partial charge in [-0.15, -0.1) is 0 Å². The summed E-state index contributed by atoms with van der Waals surface area (Å²) in [6.45, 7) is 3.81. The van der Waals surface area contributed by atoms with Crippen molar-refractivity contribution in [2.45, 2.75) is 38.6 Å². The lowest BCUT2D eigenvalue weighted by atomic mass is 9.79. The highest BCUT2D eigenvalue weighted by atomic mass is 16.2. The second kappa shape index (κ2) is 5.20. The van der Waals surface area contributed by atoms with Gasteiger partial charge in [-0.25, -0.2) is 0 Å². The van der Waals surface area contributed by atoms with Gasteiger partial charge in [-0.2, -0.15) is 5.10 Å². The first-order valence-electron chi connectivity index (χ1n) is 7.65. The Morgan fingerprint density at radius 3 is 2.90 bits per heavy atom. The molecule has 3 atom stereocenters. The molecule has 1 aromatic heterocycles. The summed E-state index contributed by atoms with van der Waals surface area (Å²) in [5, 5.41) is 4.37. The van der Waals surface area contributed by atoms with Crippen molar-refractivity contribution < 1.29 is 4.79 Å². The van der Waals surface area contributed by atoms with E-state index in [1.54, 1.807) is 4.68 Å². The molecule has 1 unspecified atom stereocenters. The van der Waals surface area contributed by atoms with Crippen LogP contribution in [0.2, 0.25) is 0 Å². The number of fused-ring (bicyclic) bond motifs is 1. The van der Waals surface area contributed by atoms with Gasteiger partial charge in [-0.05, 0) is 37.5 Å². The lowest BCUT2D eigenvalue weighted by Crippen LogP contribution is -2.32. The van der Waals surface area contributed by atoms with Gasteiger partial charge < -0.3 is 10.6 Å². The Kier molecular flexibility index (Phi) is 3.54. The molecule has 0 bridgehead atoms. The topological polar surface area (TPSA) is 64.2 Å². The van der Waals surface area contributed by atoms with Crippen LogP contribution in [0, 0.1) is 11.8 Å². The number of likely N-dealkylation sites (tertiary alicyclic amines) is 1. The van der Waals surface area contributed by atoms with E-state index in [1.807, 2.05) is 25.1 Å². The minimum absolute atomic E-state index is 0.151. The summed E-state index contributed by atoms with van der Waals surface area (Å²) in [4.78, 5) is 14.7. The van der Waals surface area contributed by atoms with Crippen LogP contribution in [0.3, 0.4) is 0 Å². The molecule has 2 aliphatic rings. The Morgan fingerprint density at radius 2 is 2.15 bits per heavy atom. The maximum atomic E-state index is 12.7. The Balaban J connectivity index is 1.75. The van der Waals surface area contributed by atoms with Crippen molar-refractivity contribution in [1.82, 2.24) is 14.7 Å². The molecule has 0 radical (unpaired) electrons. The summed E-state index contributed by atoms with van der Waals surface area (Å²) in [7, 11) is 1.87. The van der Waals surface area contributed by atoms with E-state index in [0.717, 1.165) is 43.6 Å². The molecule has 0 aromatic carbocycles. The van der Waals surface area contributed by atoms with Crippen LogP contribution in [0.5, 0.6) is 0 Å². The summed E-state index contributed by atoms with van der Waals surface area (Å²) in [5.41, 5.74) is 7.74. The molecule has 1 saturated heterocycles. The molecule has 1 aliphatic heterocycles. The Bertz CT molecular complexity index is 510. The summed E-state index contributed by atoms with van der Waals surface area (Å²) >= 11 is 0. The van der Waals surface area contributed by atoms with Crippen molar-refractivity contribution in [2.75, 3.05) is 13.1 Å². The number of rotatable bonds is 2. The van der Waals surface area contributed by atoms with Crippen molar-refractivity contribution in [1.29, 1.82) is 0 Å². The van der Waals surface area contributed by atoms with Gasteiger partial charge in [-0.1, -0.05) is 6.92 Å². The minimum atomic E-state index is 0.151. The molecule has 2 N–H and O–H groups in total. The fourth-order valence-corrected chi connectivity index (χ4v) is 3.78. The number of aromatic nitrogens is 2. The molecular formula is C15H24N4O. The van der Waals surface area contributed by atoms with Crippen molar-refractivity contribution in [3.8, 4) is 0 Å².